The highest BCUT2D eigenvalue weighted by Gasteiger charge is 2.35. The SMILES string of the molecule is CC[C@H](C)NC(=O)[C@H](Cc1ccccc1)N(Cc1cccc(OC)c1)C(=O)CN(c1ccccc1)S(=O)(=O)c1ccc(OC)c(OC)c1. The number of methoxy groups -OCH3 is 3. The van der Waals surface area contributed by atoms with E-state index in [4.69, 9.17) is 14.2 Å². The Morgan fingerprint density at radius 3 is 2.04 bits per heavy atom. The summed E-state index contributed by atoms with van der Waals surface area (Å²) >= 11 is 0. The third kappa shape index (κ3) is 8.86. The summed E-state index contributed by atoms with van der Waals surface area (Å²) in [6.45, 7) is 3.32. The van der Waals surface area contributed by atoms with E-state index < -0.39 is 28.5 Å². The summed E-state index contributed by atoms with van der Waals surface area (Å²) in [5, 5.41) is 3.04. The molecule has 2 atom stereocenters. The number of ether oxygens (including phenoxy) is 3. The molecule has 2 amide bonds. The van der Waals surface area contributed by atoms with Crippen LogP contribution in [0.5, 0.6) is 17.2 Å². The lowest BCUT2D eigenvalue weighted by atomic mass is 10.0. The summed E-state index contributed by atoms with van der Waals surface area (Å²) in [5.41, 5.74) is 1.85. The normalized spacial score (nSPS) is 12.4. The molecular formula is C37H43N3O7S. The Kier molecular flexibility index (Phi) is 12.5. The second-order valence-electron chi connectivity index (χ2n) is 11.3. The average molecular weight is 674 g/mol. The standard InChI is InChI=1S/C37H43N3O7S/c1-6-27(2)38-37(42)33(23-28-14-9-7-10-15-28)39(25-29-16-13-19-31(22-29)45-3)36(41)26-40(30-17-11-8-12-18-30)48(43,44)32-20-21-34(46-4)35(24-32)47-5/h7-22,24,27,33H,6,23,25-26H2,1-5H3,(H,38,42)/t27-,33-/m0/s1. The minimum atomic E-state index is -4.32. The molecule has 1 N–H and O–H groups in total. The Bertz CT molecular complexity index is 1770. The molecule has 0 heterocycles. The molecule has 254 valence electrons. The first-order valence-electron chi connectivity index (χ1n) is 15.7. The molecule has 0 saturated carbocycles. The maximum absolute atomic E-state index is 14.6. The van der Waals surface area contributed by atoms with Crippen molar-refractivity contribution >= 4 is 27.5 Å². The number of anilines is 1. The fourth-order valence-corrected chi connectivity index (χ4v) is 6.62. The summed E-state index contributed by atoms with van der Waals surface area (Å²) in [7, 11) is 0.107. The molecule has 0 radical (unpaired) electrons. The molecule has 0 saturated heterocycles. The van der Waals surface area contributed by atoms with Crippen LogP contribution in [-0.4, -0.2) is 65.1 Å². The first kappa shape index (κ1) is 35.8. The van der Waals surface area contributed by atoms with Gasteiger partial charge in [0.25, 0.3) is 10.0 Å². The van der Waals surface area contributed by atoms with Crippen LogP contribution in [-0.2, 0) is 32.6 Å². The number of para-hydroxylation sites is 1. The van der Waals surface area contributed by atoms with Gasteiger partial charge in [-0.3, -0.25) is 13.9 Å². The topological polar surface area (TPSA) is 114 Å². The van der Waals surface area contributed by atoms with E-state index in [0.717, 1.165) is 9.87 Å². The van der Waals surface area contributed by atoms with Crippen LogP contribution >= 0.6 is 0 Å². The highest BCUT2D eigenvalue weighted by Crippen LogP contribution is 2.32. The van der Waals surface area contributed by atoms with Crippen molar-refractivity contribution in [1.29, 1.82) is 0 Å². The Labute approximate surface area is 283 Å². The number of carbonyl (C=O) groups is 2. The zero-order valence-electron chi connectivity index (χ0n) is 28.0. The number of hydrogen-bond acceptors (Lipinski definition) is 7. The first-order chi connectivity index (χ1) is 23.1. The maximum atomic E-state index is 14.6. The zero-order valence-corrected chi connectivity index (χ0v) is 28.8. The Morgan fingerprint density at radius 1 is 0.771 bits per heavy atom. The second-order valence-corrected chi connectivity index (χ2v) is 13.1. The molecule has 0 bridgehead atoms. The molecule has 10 nitrogen and oxygen atoms in total. The van der Waals surface area contributed by atoms with Crippen molar-refractivity contribution in [3.05, 3.63) is 114 Å². The van der Waals surface area contributed by atoms with Crippen LogP contribution in [0.15, 0.2) is 108 Å². The molecular weight excluding hydrogens is 630 g/mol. The zero-order chi connectivity index (χ0) is 34.7. The lowest BCUT2D eigenvalue weighted by Gasteiger charge is -2.34. The van der Waals surface area contributed by atoms with E-state index in [1.165, 1.54) is 37.3 Å². The summed E-state index contributed by atoms with van der Waals surface area (Å²) in [6, 6.07) is 28.2. The van der Waals surface area contributed by atoms with Crippen molar-refractivity contribution in [3.8, 4) is 17.2 Å². The molecule has 4 aromatic carbocycles. The van der Waals surface area contributed by atoms with Crippen molar-refractivity contribution < 1.29 is 32.2 Å². The van der Waals surface area contributed by atoms with Crippen molar-refractivity contribution in [1.82, 2.24) is 10.2 Å². The van der Waals surface area contributed by atoms with E-state index in [0.29, 0.717) is 23.5 Å². The summed E-state index contributed by atoms with van der Waals surface area (Å²) in [5.74, 6) is 0.274. The number of nitrogens with zero attached hydrogens (tertiary/aromatic N) is 2. The van der Waals surface area contributed by atoms with Gasteiger partial charge in [-0.2, -0.15) is 0 Å². The fourth-order valence-electron chi connectivity index (χ4n) is 5.19. The smallest absolute Gasteiger partial charge is 0.264 e. The van der Waals surface area contributed by atoms with E-state index in [2.05, 4.69) is 5.32 Å². The lowest BCUT2D eigenvalue weighted by molar-refractivity contribution is -0.140. The summed E-state index contributed by atoms with van der Waals surface area (Å²) in [4.78, 5) is 30.0. The van der Waals surface area contributed by atoms with Crippen molar-refractivity contribution in [2.75, 3.05) is 32.2 Å². The third-order valence-electron chi connectivity index (χ3n) is 8.03. The third-order valence-corrected chi connectivity index (χ3v) is 9.80. The lowest BCUT2D eigenvalue weighted by Crippen LogP contribution is -2.54. The quantitative estimate of drug-likeness (QED) is 0.168. The number of carbonyl (C=O) groups excluding carboxylic acids is 2. The van der Waals surface area contributed by atoms with Gasteiger partial charge in [0.05, 0.1) is 31.9 Å². The molecule has 11 heteroatoms. The van der Waals surface area contributed by atoms with Crippen molar-refractivity contribution in [3.63, 3.8) is 0 Å². The molecule has 4 aromatic rings. The average Bonchev–Trinajstić information content (AvgIpc) is 3.12. The van der Waals surface area contributed by atoms with Crippen LogP contribution in [0.25, 0.3) is 0 Å². The van der Waals surface area contributed by atoms with Crippen LogP contribution in [0.4, 0.5) is 5.69 Å². The molecule has 0 aliphatic carbocycles. The van der Waals surface area contributed by atoms with Crippen LogP contribution < -0.4 is 23.8 Å². The monoisotopic (exact) mass is 673 g/mol. The van der Waals surface area contributed by atoms with Gasteiger partial charge >= 0.3 is 0 Å². The van der Waals surface area contributed by atoms with Crippen LogP contribution in [0.3, 0.4) is 0 Å². The van der Waals surface area contributed by atoms with Gasteiger partial charge in [-0.1, -0.05) is 67.6 Å². The number of nitrogens with one attached hydrogen (secondary N) is 1. The molecule has 4 rings (SSSR count). The first-order valence-corrected chi connectivity index (χ1v) is 17.1. The van der Waals surface area contributed by atoms with Gasteiger partial charge in [0.2, 0.25) is 11.8 Å². The van der Waals surface area contributed by atoms with E-state index in [9.17, 15) is 18.0 Å². The number of hydrogen-bond donors (Lipinski definition) is 1. The Balaban J connectivity index is 1.82. The van der Waals surface area contributed by atoms with Crippen molar-refractivity contribution in [2.45, 2.75) is 50.2 Å². The second kappa shape index (κ2) is 16.7. The highest BCUT2D eigenvalue weighted by molar-refractivity contribution is 7.92. The number of sulfonamides is 1. The van der Waals surface area contributed by atoms with Crippen molar-refractivity contribution in [2.24, 2.45) is 0 Å². The van der Waals surface area contributed by atoms with Crippen LogP contribution in [0, 0.1) is 0 Å². The van der Waals surface area contributed by atoms with Gasteiger partial charge in [0.1, 0.15) is 18.3 Å². The van der Waals surface area contributed by atoms with E-state index in [1.54, 1.807) is 55.6 Å². The number of rotatable bonds is 16. The number of benzene rings is 4. The fraction of sp³-hybridized carbons (Fsp3) is 0.297. The van der Waals surface area contributed by atoms with Gasteiger partial charge < -0.3 is 24.4 Å². The predicted molar refractivity (Wildman–Crippen MR) is 186 cm³/mol. The van der Waals surface area contributed by atoms with Gasteiger partial charge in [0.15, 0.2) is 11.5 Å². The van der Waals surface area contributed by atoms with Crippen LogP contribution in [0.2, 0.25) is 0 Å². The summed E-state index contributed by atoms with van der Waals surface area (Å²) in [6.07, 6.45) is 0.908. The highest BCUT2D eigenvalue weighted by atomic mass is 32.2. The van der Waals surface area contributed by atoms with Gasteiger partial charge in [-0.25, -0.2) is 8.42 Å². The largest absolute Gasteiger partial charge is 0.497 e. The van der Waals surface area contributed by atoms with Gasteiger partial charge in [-0.15, -0.1) is 0 Å². The Hall–Kier alpha value is -5.03. The molecule has 48 heavy (non-hydrogen) atoms. The Morgan fingerprint density at radius 2 is 1.42 bits per heavy atom. The molecule has 0 aliphatic rings. The van der Waals surface area contributed by atoms with E-state index >= 15 is 0 Å². The van der Waals surface area contributed by atoms with Gasteiger partial charge in [0, 0.05) is 25.1 Å². The molecule has 0 aromatic heterocycles. The minimum Gasteiger partial charge on any atom is -0.497 e. The predicted octanol–water partition coefficient (Wildman–Crippen LogP) is 5.46. The van der Waals surface area contributed by atoms with Crippen LogP contribution in [0.1, 0.15) is 31.4 Å². The maximum Gasteiger partial charge on any atom is 0.264 e. The van der Waals surface area contributed by atoms with Gasteiger partial charge in [-0.05, 0) is 60.9 Å². The minimum absolute atomic E-state index is 0.0283. The molecule has 0 aliphatic heterocycles. The summed E-state index contributed by atoms with van der Waals surface area (Å²) < 4.78 is 45.9. The molecule has 0 spiro atoms. The van der Waals surface area contributed by atoms with E-state index in [1.807, 2.05) is 50.2 Å². The molecule has 0 unspecified atom stereocenters. The van der Waals surface area contributed by atoms with E-state index in [-0.39, 0.29) is 41.2 Å². The molecule has 0 fully saturated rings. The number of amides is 2.